The standard InChI is InChI=1S/C54H56N4O/c1-37(39-16-7-3-8-17-39)34-43(40-25-27-42(28-26-40)54(55)58-49(41-18-9-4-10-19-41)29-24-38-14-5-2-6-15-38)30-32-56-50-35-44(36-51-48(50)31-33-57-51)45-21-13-22-47-46-20-11-12-23-52(46)59-53(45)47/h2-7,9-11,13-16,18-22,25,27,31,33-36,46,49,52,54,56-58H,1,8,12,17,23-24,26,28-30,32,55H2/b43-34+. The van der Waals surface area contributed by atoms with Crippen molar-refractivity contribution in [2.24, 2.45) is 5.73 Å². The lowest BCUT2D eigenvalue weighted by Gasteiger charge is -2.28. The number of anilines is 1. The number of rotatable bonds is 15. The minimum Gasteiger partial charge on any atom is -0.488 e. The molecule has 5 nitrogen and oxygen atoms in total. The zero-order chi connectivity index (χ0) is 40.0. The summed E-state index contributed by atoms with van der Waals surface area (Å²) < 4.78 is 6.66. The van der Waals surface area contributed by atoms with Crippen molar-refractivity contribution in [2.75, 3.05) is 11.9 Å². The number of hydrogen-bond donors (Lipinski definition) is 4. The summed E-state index contributed by atoms with van der Waals surface area (Å²) in [5, 5.41) is 8.88. The van der Waals surface area contributed by atoms with Crippen LogP contribution in [0.15, 0.2) is 186 Å². The second kappa shape index (κ2) is 17.9. The molecule has 0 fully saturated rings. The largest absolute Gasteiger partial charge is 0.488 e. The van der Waals surface area contributed by atoms with E-state index in [0.29, 0.717) is 5.92 Å². The molecule has 0 spiro atoms. The molecule has 5 N–H and O–H groups in total. The molecule has 0 amide bonds. The van der Waals surface area contributed by atoms with Gasteiger partial charge in [-0.15, -0.1) is 0 Å². The minimum absolute atomic E-state index is 0.155. The zero-order valence-corrected chi connectivity index (χ0v) is 34.0. The van der Waals surface area contributed by atoms with E-state index in [2.05, 4.69) is 168 Å². The van der Waals surface area contributed by atoms with Crippen molar-refractivity contribution in [1.29, 1.82) is 0 Å². The second-order valence-corrected chi connectivity index (χ2v) is 16.5. The fraction of sp³-hybridized carbons (Fsp3) is 0.259. The number of aryl methyl sites for hydroxylation is 1. The fourth-order valence-electron chi connectivity index (χ4n) is 9.36. The Labute approximate surface area is 349 Å². The Kier molecular flexibility index (Phi) is 11.7. The third-order valence-corrected chi connectivity index (χ3v) is 12.6. The maximum absolute atomic E-state index is 6.98. The first kappa shape index (κ1) is 38.6. The number of aromatic nitrogens is 1. The van der Waals surface area contributed by atoms with Gasteiger partial charge in [0.25, 0.3) is 0 Å². The fourth-order valence-corrected chi connectivity index (χ4v) is 9.36. The molecule has 59 heavy (non-hydrogen) atoms. The molecule has 5 heteroatoms. The first-order chi connectivity index (χ1) is 29.1. The number of nitrogens with one attached hydrogen (secondary N) is 3. The van der Waals surface area contributed by atoms with Gasteiger partial charge in [-0.1, -0.05) is 134 Å². The Bertz CT molecular complexity index is 2480. The van der Waals surface area contributed by atoms with Crippen LogP contribution in [0, 0.1) is 0 Å². The molecular weight excluding hydrogens is 721 g/mol. The van der Waals surface area contributed by atoms with Crippen LogP contribution in [-0.2, 0) is 6.42 Å². The van der Waals surface area contributed by atoms with Crippen molar-refractivity contribution in [2.45, 2.75) is 82.0 Å². The van der Waals surface area contributed by atoms with E-state index in [1.807, 2.05) is 6.20 Å². The van der Waals surface area contributed by atoms with Gasteiger partial charge in [-0.25, -0.2) is 0 Å². The van der Waals surface area contributed by atoms with E-state index in [1.54, 1.807) is 0 Å². The summed E-state index contributed by atoms with van der Waals surface area (Å²) in [6.07, 6.45) is 29.1. The van der Waals surface area contributed by atoms with Crippen molar-refractivity contribution in [1.82, 2.24) is 10.3 Å². The molecule has 4 atom stereocenters. The SMILES string of the molecule is C=C(/C=C(\CCNc1cc(-c2cccc3c2OC2CCC=CC32)cc2[nH]ccc12)C1=CC=C(C(N)NC(CCc2ccccc2)c2ccccc2)CC1)C1=CC=CCC1. The summed E-state index contributed by atoms with van der Waals surface area (Å²) in [5.74, 6) is 1.38. The molecule has 2 heterocycles. The Hall–Kier alpha value is -5.88. The average molecular weight is 777 g/mol. The van der Waals surface area contributed by atoms with Gasteiger partial charge in [0.1, 0.15) is 11.9 Å². The van der Waals surface area contributed by atoms with E-state index >= 15 is 0 Å². The lowest BCUT2D eigenvalue weighted by molar-refractivity contribution is 0.205. The van der Waals surface area contributed by atoms with E-state index < -0.39 is 0 Å². The van der Waals surface area contributed by atoms with Gasteiger partial charge in [0.05, 0.1) is 6.17 Å². The summed E-state index contributed by atoms with van der Waals surface area (Å²) in [6.45, 7) is 5.35. The molecule has 5 aromatic rings. The van der Waals surface area contributed by atoms with Crippen LogP contribution >= 0.6 is 0 Å². The molecule has 1 aromatic heterocycles. The van der Waals surface area contributed by atoms with Gasteiger partial charge in [-0.3, -0.25) is 5.32 Å². The Morgan fingerprint density at radius 3 is 2.56 bits per heavy atom. The number of benzene rings is 4. The molecule has 3 aliphatic carbocycles. The number of H-pyrrole nitrogens is 1. The van der Waals surface area contributed by atoms with Gasteiger partial charge < -0.3 is 20.8 Å². The monoisotopic (exact) mass is 776 g/mol. The van der Waals surface area contributed by atoms with Gasteiger partial charge in [0, 0.05) is 52.4 Å². The number of nitrogens with two attached hydrogens (primary N) is 1. The Morgan fingerprint density at radius 2 is 1.75 bits per heavy atom. The van der Waals surface area contributed by atoms with Crippen molar-refractivity contribution < 1.29 is 4.74 Å². The van der Waals surface area contributed by atoms with Gasteiger partial charge in [-0.05, 0) is 121 Å². The van der Waals surface area contributed by atoms with E-state index in [-0.39, 0.29) is 18.3 Å². The van der Waals surface area contributed by atoms with E-state index in [4.69, 9.17) is 10.5 Å². The van der Waals surface area contributed by atoms with Crippen LogP contribution in [0.5, 0.6) is 5.75 Å². The van der Waals surface area contributed by atoms with E-state index in [0.717, 1.165) is 98.0 Å². The van der Waals surface area contributed by atoms with E-state index in [1.165, 1.54) is 44.4 Å². The van der Waals surface area contributed by atoms with Crippen LogP contribution in [0.25, 0.3) is 22.0 Å². The number of fused-ring (bicyclic) bond motifs is 4. The first-order valence-electron chi connectivity index (χ1n) is 21.6. The molecular formula is C54H56N4O. The van der Waals surface area contributed by atoms with Crippen LogP contribution < -0.4 is 21.1 Å². The molecule has 0 saturated carbocycles. The van der Waals surface area contributed by atoms with Gasteiger partial charge in [0.2, 0.25) is 0 Å². The number of allylic oxidation sites excluding steroid dienone is 10. The highest BCUT2D eigenvalue weighted by Crippen LogP contribution is 2.48. The molecule has 0 bridgehead atoms. The van der Waals surface area contributed by atoms with Gasteiger partial charge in [0.15, 0.2) is 0 Å². The third kappa shape index (κ3) is 8.78. The van der Waals surface area contributed by atoms with Gasteiger partial charge >= 0.3 is 0 Å². The lowest BCUT2D eigenvalue weighted by Crippen LogP contribution is -2.42. The first-order valence-corrected chi connectivity index (χ1v) is 21.6. The second-order valence-electron chi connectivity index (χ2n) is 16.5. The Morgan fingerprint density at radius 1 is 0.881 bits per heavy atom. The predicted molar refractivity (Wildman–Crippen MR) is 247 cm³/mol. The molecule has 1 aliphatic heterocycles. The highest BCUT2D eigenvalue weighted by Gasteiger charge is 2.35. The van der Waals surface area contributed by atoms with Crippen LogP contribution in [0.3, 0.4) is 0 Å². The highest BCUT2D eigenvalue weighted by molar-refractivity contribution is 5.97. The van der Waals surface area contributed by atoms with Crippen LogP contribution in [0.1, 0.15) is 80.0 Å². The molecule has 298 valence electrons. The topological polar surface area (TPSA) is 75.1 Å². The average Bonchev–Trinajstić information content (AvgIpc) is 3.94. The molecule has 0 radical (unpaired) electrons. The third-order valence-electron chi connectivity index (χ3n) is 12.6. The minimum atomic E-state index is -0.232. The van der Waals surface area contributed by atoms with Crippen LogP contribution in [0.2, 0.25) is 0 Å². The molecule has 4 unspecified atom stereocenters. The van der Waals surface area contributed by atoms with Crippen molar-refractivity contribution in [3.63, 3.8) is 0 Å². The normalized spacial score (nSPS) is 19.5. The van der Waals surface area contributed by atoms with Crippen molar-refractivity contribution >= 4 is 16.6 Å². The predicted octanol–water partition coefficient (Wildman–Crippen LogP) is 12.5. The number of hydrogen-bond acceptors (Lipinski definition) is 4. The summed E-state index contributed by atoms with van der Waals surface area (Å²) in [5.41, 5.74) is 21.8. The van der Waals surface area contributed by atoms with Crippen LogP contribution in [-0.4, -0.2) is 23.8 Å². The molecule has 9 rings (SSSR count). The van der Waals surface area contributed by atoms with Gasteiger partial charge in [-0.2, -0.15) is 0 Å². The Balaban J connectivity index is 0.938. The molecule has 4 aliphatic rings. The van der Waals surface area contributed by atoms with E-state index in [9.17, 15) is 0 Å². The maximum atomic E-state index is 6.98. The lowest BCUT2D eigenvalue weighted by atomic mass is 9.87. The van der Waals surface area contributed by atoms with Crippen LogP contribution in [0.4, 0.5) is 5.69 Å². The summed E-state index contributed by atoms with van der Waals surface area (Å²) in [4.78, 5) is 3.49. The molecule has 0 saturated heterocycles. The van der Waals surface area contributed by atoms with Crippen molar-refractivity contribution in [3.8, 4) is 16.9 Å². The summed E-state index contributed by atoms with van der Waals surface area (Å²) >= 11 is 0. The quantitative estimate of drug-likeness (QED) is 0.0485. The number of aromatic amines is 1. The number of para-hydroxylation sites is 1. The summed E-state index contributed by atoms with van der Waals surface area (Å²) in [6, 6.07) is 35.0. The van der Waals surface area contributed by atoms with Crippen molar-refractivity contribution in [3.05, 3.63) is 203 Å². The maximum Gasteiger partial charge on any atom is 0.131 e. The smallest absolute Gasteiger partial charge is 0.131 e. The number of ether oxygens (including phenoxy) is 1. The highest BCUT2D eigenvalue weighted by atomic mass is 16.5. The summed E-state index contributed by atoms with van der Waals surface area (Å²) in [7, 11) is 0. The zero-order valence-electron chi connectivity index (χ0n) is 34.0. The molecule has 4 aromatic carbocycles.